The van der Waals surface area contributed by atoms with Crippen LogP contribution >= 0.6 is 12.4 Å². The molecule has 1 saturated heterocycles. The fourth-order valence-corrected chi connectivity index (χ4v) is 3.72. The molecule has 4 nitrogen and oxygen atoms in total. The van der Waals surface area contributed by atoms with E-state index in [0.29, 0.717) is 32.0 Å². The maximum Gasteiger partial charge on any atom is 0.245 e. The standard InChI is InChI=1S/C12H16F2N2O2S.ClH/c1-15-10-4-6-16(7-5-10)19(17,18)12-3-2-9(13)8-11(12)14;/h2-3,8,10,15H,4-7H2,1H3;1H. The van der Waals surface area contributed by atoms with Crippen molar-refractivity contribution in [2.75, 3.05) is 20.1 Å². The summed E-state index contributed by atoms with van der Waals surface area (Å²) in [5, 5.41) is 3.09. The second-order valence-electron chi connectivity index (χ2n) is 4.54. The van der Waals surface area contributed by atoms with E-state index in [0.717, 1.165) is 12.1 Å². The summed E-state index contributed by atoms with van der Waals surface area (Å²) in [6.45, 7) is 0.676. The summed E-state index contributed by atoms with van der Waals surface area (Å²) in [6.07, 6.45) is 1.36. The van der Waals surface area contributed by atoms with Crippen molar-refractivity contribution in [1.82, 2.24) is 9.62 Å². The zero-order chi connectivity index (χ0) is 14.0. The lowest BCUT2D eigenvalue weighted by Crippen LogP contribution is -2.44. The highest BCUT2D eigenvalue weighted by molar-refractivity contribution is 7.89. The van der Waals surface area contributed by atoms with Gasteiger partial charge in [0, 0.05) is 25.2 Å². The van der Waals surface area contributed by atoms with Crippen LogP contribution in [0.15, 0.2) is 23.1 Å². The largest absolute Gasteiger partial charge is 0.317 e. The molecule has 0 bridgehead atoms. The van der Waals surface area contributed by atoms with Crippen LogP contribution in [0.5, 0.6) is 0 Å². The SMILES string of the molecule is CNC1CCN(S(=O)(=O)c2ccc(F)cc2F)CC1.Cl. The summed E-state index contributed by atoms with van der Waals surface area (Å²) in [5.74, 6) is -1.83. The molecule has 8 heteroatoms. The number of hydrogen-bond donors (Lipinski definition) is 1. The number of benzene rings is 1. The van der Waals surface area contributed by atoms with Gasteiger partial charge in [0.15, 0.2) is 0 Å². The first-order valence-electron chi connectivity index (χ1n) is 6.07. The van der Waals surface area contributed by atoms with Gasteiger partial charge in [-0.25, -0.2) is 17.2 Å². The number of halogens is 3. The zero-order valence-corrected chi connectivity index (χ0v) is 12.6. The van der Waals surface area contributed by atoms with E-state index in [9.17, 15) is 17.2 Å². The first-order valence-corrected chi connectivity index (χ1v) is 7.51. The van der Waals surface area contributed by atoms with Crippen molar-refractivity contribution in [3.05, 3.63) is 29.8 Å². The van der Waals surface area contributed by atoms with Gasteiger partial charge in [-0.3, -0.25) is 0 Å². The summed E-state index contributed by atoms with van der Waals surface area (Å²) in [4.78, 5) is -0.461. The molecule has 0 aliphatic carbocycles. The monoisotopic (exact) mass is 326 g/mol. The Morgan fingerprint density at radius 3 is 2.35 bits per heavy atom. The van der Waals surface area contributed by atoms with Crippen LogP contribution in [0.1, 0.15) is 12.8 Å². The minimum absolute atomic E-state index is 0. The molecule has 0 unspecified atom stereocenters. The molecule has 20 heavy (non-hydrogen) atoms. The summed E-state index contributed by atoms with van der Waals surface area (Å²) >= 11 is 0. The first kappa shape index (κ1) is 17.3. The van der Waals surface area contributed by atoms with Gasteiger partial charge in [-0.15, -0.1) is 12.4 Å². The molecule has 0 saturated carbocycles. The second-order valence-corrected chi connectivity index (χ2v) is 6.45. The molecule has 0 amide bonds. The van der Waals surface area contributed by atoms with Crippen LogP contribution < -0.4 is 5.32 Å². The Morgan fingerprint density at radius 2 is 1.85 bits per heavy atom. The molecule has 0 aromatic heterocycles. The average molecular weight is 327 g/mol. The predicted molar refractivity (Wildman–Crippen MR) is 74.4 cm³/mol. The van der Waals surface area contributed by atoms with E-state index in [4.69, 9.17) is 0 Å². The maximum absolute atomic E-state index is 13.6. The molecule has 1 heterocycles. The van der Waals surface area contributed by atoms with E-state index in [-0.39, 0.29) is 18.4 Å². The molecule has 2 rings (SSSR count). The van der Waals surface area contributed by atoms with Crippen LogP contribution in [0.25, 0.3) is 0 Å². The molecule has 1 fully saturated rings. The smallest absolute Gasteiger partial charge is 0.245 e. The van der Waals surface area contributed by atoms with Crippen LogP contribution in [0.3, 0.4) is 0 Å². The Labute approximate surface area is 123 Å². The number of rotatable bonds is 3. The topological polar surface area (TPSA) is 49.4 Å². The minimum Gasteiger partial charge on any atom is -0.317 e. The fourth-order valence-electron chi connectivity index (χ4n) is 2.21. The van der Waals surface area contributed by atoms with Gasteiger partial charge in [-0.1, -0.05) is 0 Å². The molecule has 0 atom stereocenters. The quantitative estimate of drug-likeness (QED) is 0.921. The van der Waals surface area contributed by atoms with Crippen molar-refractivity contribution in [3.8, 4) is 0 Å². The Balaban J connectivity index is 0.00000200. The third-order valence-electron chi connectivity index (χ3n) is 3.37. The summed E-state index contributed by atoms with van der Waals surface area (Å²) in [5.41, 5.74) is 0. The number of nitrogens with zero attached hydrogens (tertiary/aromatic N) is 1. The second kappa shape index (κ2) is 6.80. The van der Waals surface area contributed by atoms with Crippen molar-refractivity contribution in [3.63, 3.8) is 0 Å². The van der Waals surface area contributed by atoms with E-state index >= 15 is 0 Å². The fraction of sp³-hybridized carbons (Fsp3) is 0.500. The number of piperidine rings is 1. The van der Waals surface area contributed by atoms with Gasteiger partial charge in [0.25, 0.3) is 0 Å². The van der Waals surface area contributed by atoms with Gasteiger partial charge >= 0.3 is 0 Å². The van der Waals surface area contributed by atoms with E-state index in [1.54, 1.807) is 0 Å². The number of nitrogens with one attached hydrogen (secondary N) is 1. The van der Waals surface area contributed by atoms with Crippen LogP contribution in [0.4, 0.5) is 8.78 Å². The van der Waals surface area contributed by atoms with E-state index < -0.39 is 26.6 Å². The molecule has 1 aliphatic heterocycles. The average Bonchev–Trinajstić information content (AvgIpc) is 2.38. The van der Waals surface area contributed by atoms with Gasteiger partial charge in [0.1, 0.15) is 16.5 Å². The number of sulfonamides is 1. The van der Waals surface area contributed by atoms with Crippen molar-refractivity contribution in [2.45, 2.75) is 23.8 Å². The molecular formula is C12H17ClF2N2O2S. The predicted octanol–water partition coefficient (Wildman–Crippen LogP) is 1.76. The van der Waals surface area contributed by atoms with Crippen molar-refractivity contribution in [2.24, 2.45) is 0 Å². The molecule has 1 aromatic carbocycles. The molecule has 1 aromatic rings. The molecule has 1 aliphatic rings. The molecule has 0 spiro atoms. The van der Waals surface area contributed by atoms with Gasteiger partial charge in [0.2, 0.25) is 10.0 Å². The number of hydrogen-bond acceptors (Lipinski definition) is 3. The lowest BCUT2D eigenvalue weighted by atomic mass is 10.1. The normalized spacial score (nSPS) is 17.8. The van der Waals surface area contributed by atoms with Crippen molar-refractivity contribution >= 4 is 22.4 Å². The first-order chi connectivity index (χ1) is 8.95. The molecular weight excluding hydrogens is 310 g/mol. The van der Waals surface area contributed by atoms with Crippen molar-refractivity contribution in [1.29, 1.82) is 0 Å². The van der Waals surface area contributed by atoms with Gasteiger partial charge in [-0.2, -0.15) is 4.31 Å². The van der Waals surface area contributed by atoms with Gasteiger partial charge in [-0.05, 0) is 32.0 Å². The van der Waals surface area contributed by atoms with Crippen LogP contribution in [0.2, 0.25) is 0 Å². The van der Waals surface area contributed by atoms with Crippen LogP contribution in [0, 0.1) is 11.6 Å². The molecule has 1 N–H and O–H groups in total. The van der Waals surface area contributed by atoms with E-state index in [1.807, 2.05) is 7.05 Å². The highest BCUT2D eigenvalue weighted by Crippen LogP contribution is 2.23. The van der Waals surface area contributed by atoms with Crippen molar-refractivity contribution < 1.29 is 17.2 Å². The summed E-state index contributed by atoms with van der Waals surface area (Å²) in [6, 6.07) is 2.80. The van der Waals surface area contributed by atoms with Gasteiger partial charge in [0.05, 0.1) is 0 Å². The minimum atomic E-state index is -3.88. The Morgan fingerprint density at radius 1 is 1.25 bits per heavy atom. The summed E-state index contributed by atoms with van der Waals surface area (Å²) in [7, 11) is -2.05. The third-order valence-corrected chi connectivity index (χ3v) is 5.31. The third kappa shape index (κ3) is 3.46. The highest BCUT2D eigenvalue weighted by atomic mass is 35.5. The van der Waals surface area contributed by atoms with Crippen LogP contribution in [-0.2, 0) is 10.0 Å². The lowest BCUT2D eigenvalue weighted by Gasteiger charge is -2.31. The van der Waals surface area contributed by atoms with Crippen LogP contribution in [-0.4, -0.2) is 38.9 Å². The molecule has 114 valence electrons. The Bertz CT molecular complexity index is 561. The van der Waals surface area contributed by atoms with Gasteiger partial charge < -0.3 is 5.32 Å². The zero-order valence-electron chi connectivity index (χ0n) is 11.0. The Kier molecular flexibility index (Phi) is 5.88. The van der Waals surface area contributed by atoms with E-state index in [2.05, 4.69) is 5.32 Å². The van der Waals surface area contributed by atoms with E-state index in [1.165, 1.54) is 4.31 Å². The lowest BCUT2D eigenvalue weighted by molar-refractivity contribution is 0.297. The summed E-state index contributed by atoms with van der Waals surface area (Å²) < 4.78 is 52.2. The Hall–Kier alpha value is -0.760. The maximum atomic E-state index is 13.6. The molecule has 0 radical (unpaired) electrons. The highest BCUT2D eigenvalue weighted by Gasteiger charge is 2.30.